The van der Waals surface area contributed by atoms with Gasteiger partial charge in [-0.15, -0.1) is 0 Å². The van der Waals surface area contributed by atoms with Gasteiger partial charge in [-0.3, -0.25) is 14.4 Å². The molecule has 2 aliphatic heterocycles. The lowest BCUT2D eigenvalue weighted by Crippen LogP contribution is -2.50. The van der Waals surface area contributed by atoms with Crippen LogP contribution in [0.5, 0.6) is 0 Å². The van der Waals surface area contributed by atoms with Gasteiger partial charge in [0.15, 0.2) is 0 Å². The number of piperidine rings is 1. The molecule has 2 heterocycles. The van der Waals surface area contributed by atoms with Crippen molar-refractivity contribution in [2.45, 2.75) is 44.6 Å². The molecule has 2 atom stereocenters. The first-order chi connectivity index (χ1) is 13.3. The molecule has 2 aliphatic rings. The van der Waals surface area contributed by atoms with Crippen LogP contribution in [0.25, 0.3) is 0 Å². The van der Waals surface area contributed by atoms with Crippen molar-refractivity contribution in [2.24, 2.45) is 11.7 Å². The number of halogens is 2. The molecular weight excluding hydrogens is 401 g/mol. The van der Waals surface area contributed by atoms with E-state index >= 15 is 0 Å². The number of carbonyl (C=O) groups is 3. The van der Waals surface area contributed by atoms with Crippen molar-refractivity contribution < 1.29 is 14.4 Å². The van der Waals surface area contributed by atoms with Crippen molar-refractivity contribution in [3.05, 3.63) is 33.8 Å². The second-order valence-corrected chi connectivity index (χ2v) is 8.49. The first kappa shape index (κ1) is 20.9. The van der Waals surface area contributed by atoms with Gasteiger partial charge < -0.3 is 15.5 Å². The van der Waals surface area contributed by atoms with Crippen LogP contribution in [0.3, 0.4) is 0 Å². The smallest absolute Gasteiger partial charge is 0.254 e. The topological polar surface area (TPSA) is 83.7 Å². The number of primary amides is 1. The lowest BCUT2D eigenvalue weighted by Gasteiger charge is -2.36. The summed E-state index contributed by atoms with van der Waals surface area (Å²) in [6.07, 6.45) is 4.38. The van der Waals surface area contributed by atoms with E-state index in [9.17, 15) is 14.4 Å². The van der Waals surface area contributed by atoms with E-state index in [1.807, 2.05) is 4.90 Å². The zero-order valence-electron chi connectivity index (χ0n) is 15.7. The maximum Gasteiger partial charge on any atom is 0.254 e. The van der Waals surface area contributed by atoms with E-state index in [1.54, 1.807) is 23.1 Å². The second kappa shape index (κ2) is 9.14. The third-order valence-corrected chi connectivity index (χ3v) is 5.97. The number of likely N-dealkylation sites (tertiary alicyclic amines) is 2. The Morgan fingerprint density at radius 2 is 1.71 bits per heavy atom. The predicted octanol–water partition coefficient (Wildman–Crippen LogP) is 3.10. The standard InChI is InChI=1S/C20H25Cl2N3O3/c21-15-9-14(10-16(22)11-15)19(27)25-8-2-4-17(25)20(28)24-7-1-3-13(12-24)5-6-18(23)26/h9-11,13,17H,1-8,12H2,(H2,23,26). The molecule has 8 heteroatoms. The minimum atomic E-state index is -0.458. The minimum Gasteiger partial charge on any atom is -0.370 e. The predicted molar refractivity (Wildman–Crippen MR) is 108 cm³/mol. The Morgan fingerprint density at radius 1 is 1.04 bits per heavy atom. The highest BCUT2D eigenvalue weighted by molar-refractivity contribution is 6.35. The fraction of sp³-hybridized carbons (Fsp3) is 0.550. The van der Waals surface area contributed by atoms with Crippen LogP contribution < -0.4 is 5.73 Å². The van der Waals surface area contributed by atoms with Crippen LogP contribution in [-0.2, 0) is 9.59 Å². The van der Waals surface area contributed by atoms with Gasteiger partial charge in [0.25, 0.3) is 5.91 Å². The first-order valence-corrected chi connectivity index (χ1v) is 10.4. The van der Waals surface area contributed by atoms with Crippen molar-refractivity contribution in [3.8, 4) is 0 Å². The van der Waals surface area contributed by atoms with E-state index < -0.39 is 6.04 Å². The van der Waals surface area contributed by atoms with Crippen LogP contribution in [0.1, 0.15) is 48.9 Å². The quantitative estimate of drug-likeness (QED) is 0.786. The summed E-state index contributed by atoms with van der Waals surface area (Å²) in [5.41, 5.74) is 5.65. The van der Waals surface area contributed by atoms with E-state index in [4.69, 9.17) is 28.9 Å². The SMILES string of the molecule is NC(=O)CCC1CCCN(C(=O)C2CCCN2C(=O)c2cc(Cl)cc(Cl)c2)C1. The van der Waals surface area contributed by atoms with Crippen LogP contribution in [0.2, 0.25) is 10.0 Å². The number of amides is 3. The average Bonchev–Trinajstić information content (AvgIpc) is 3.14. The van der Waals surface area contributed by atoms with Crippen LogP contribution in [0.4, 0.5) is 0 Å². The number of benzene rings is 1. The molecule has 0 spiro atoms. The summed E-state index contributed by atoms with van der Waals surface area (Å²) in [6.45, 7) is 1.85. The second-order valence-electron chi connectivity index (χ2n) is 7.61. The molecule has 2 saturated heterocycles. The Morgan fingerprint density at radius 3 is 2.39 bits per heavy atom. The summed E-state index contributed by atoms with van der Waals surface area (Å²) in [4.78, 5) is 40.7. The van der Waals surface area contributed by atoms with Gasteiger partial charge in [-0.1, -0.05) is 23.2 Å². The maximum atomic E-state index is 13.2. The van der Waals surface area contributed by atoms with Gasteiger partial charge in [-0.2, -0.15) is 0 Å². The Bertz CT molecular complexity index is 751. The average molecular weight is 426 g/mol. The number of hydrogen-bond donors (Lipinski definition) is 1. The summed E-state index contributed by atoms with van der Waals surface area (Å²) >= 11 is 12.1. The maximum absolute atomic E-state index is 13.2. The number of hydrogen-bond acceptors (Lipinski definition) is 3. The van der Waals surface area contributed by atoms with E-state index in [2.05, 4.69) is 0 Å². The molecule has 0 radical (unpaired) electrons. The van der Waals surface area contributed by atoms with Gasteiger partial charge in [0.2, 0.25) is 11.8 Å². The minimum absolute atomic E-state index is 0.0113. The third kappa shape index (κ3) is 4.97. The molecule has 6 nitrogen and oxygen atoms in total. The van der Waals surface area contributed by atoms with Crippen LogP contribution in [-0.4, -0.2) is 53.2 Å². The van der Waals surface area contributed by atoms with E-state index in [0.717, 1.165) is 19.3 Å². The molecule has 1 aromatic rings. The number of nitrogens with zero attached hydrogens (tertiary/aromatic N) is 2. The molecule has 152 valence electrons. The number of nitrogens with two attached hydrogens (primary N) is 1. The van der Waals surface area contributed by atoms with Gasteiger partial charge in [-0.25, -0.2) is 0 Å². The van der Waals surface area contributed by atoms with E-state index in [0.29, 0.717) is 54.5 Å². The zero-order valence-corrected chi connectivity index (χ0v) is 17.2. The summed E-state index contributed by atoms with van der Waals surface area (Å²) in [7, 11) is 0. The fourth-order valence-corrected chi connectivity index (χ4v) is 4.69. The first-order valence-electron chi connectivity index (χ1n) is 9.69. The van der Waals surface area contributed by atoms with Crippen LogP contribution in [0.15, 0.2) is 18.2 Å². The molecule has 0 aliphatic carbocycles. The molecule has 2 N–H and O–H groups in total. The monoisotopic (exact) mass is 425 g/mol. The molecule has 3 amide bonds. The lowest BCUT2D eigenvalue weighted by molar-refractivity contribution is -0.137. The molecular formula is C20H25Cl2N3O3. The molecule has 1 aromatic carbocycles. The molecule has 0 aromatic heterocycles. The molecule has 0 bridgehead atoms. The van der Waals surface area contributed by atoms with Gasteiger partial charge in [0, 0.05) is 41.7 Å². The summed E-state index contributed by atoms with van der Waals surface area (Å²) in [5, 5.41) is 0.789. The molecule has 28 heavy (non-hydrogen) atoms. The Balaban J connectivity index is 1.68. The van der Waals surface area contributed by atoms with Gasteiger partial charge >= 0.3 is 0 Å². The number of carbonyl (C=O) groups excluding carboxylic acids is 3. The van der Waals surface area contributed by atoms with Gasteiger partial charge in [0.1, 0.15) is 6.04 Å². The zero-order chi connectivity index (χ0) is 20.3. The van der Waals surface area contributed by atoms with Crippen molar-refractivity contribution in [2.75, 3.05) is 19.6 Å². The fourth-order valence-electron chi connectivity index (χ4n) is 4.17. The molecule has 0 saturated carbocycles. The Kier molecular flexibility index (Phi) is 6.83. The van der Waals surface area contributed by atoms with Gasteiger partial charge in [0.05, 0.1) is 0 Å². The largest absolute Gasteiger partial charge is 0.370 e. The van der Waals surface area contributed by atoms with Gasteiger partial charge in [-0.05, 0) is 56.2 Å². The highest BCUT2D eigenvalue weighted by Crippen LogP contribution is 2.28. The Labute approximate surface area is 174 Å². The van der Waals surface area contributed by atoms with Crippen LogP contribution >= 0.6 is 23.2 Å². The molecule has 3 rings (SSSR count). The van der Waals surface area contributed by atoms with Crippen molar-refractivity contribution in [1.29, 1.82) is 0 Å². The summed E-state index contributed by atoms with van der Waals surface area (Å²) in [6, 6.07) is 4.28. The summed E-state index contributed by atoms with van der Waals surface area (Å²) < 4.78 is 0. The van der Waals surface area contributed by atoms with Crippen molar-refractivity contribution in [1.82, 2.24) is 9.80 Å². The highest BCUT2D eigenvalue weighted by atomic mass is 35.5. The molecule has 2 unspecified atom stereocenters. The lowest BCUT2D eigenvalue weighted by atomic mass is 9.92. The normalized spacial score (nSPS) is 22.4. The molecule has 2 fully saturated rings. The Hall–Kier alpha value is -1.79. The van der Waals surface area contributed by atoms with E-state index in [1.165, 1.54) is 0 Å². The van der Waals surface area contributed by atoms with Crippen molar-refractivity contribution >= 4 is 40.9 Å². The third-order valence-electron chi connectivity index (χ3n) is 5.54. The summed E-state index contributed by atoms with van der Waals surface area (Å²) in [5.74, 6) is -0.260. The highest BCUT2D eigenvalue weighted by Gasteiger charge is 2.38. The van der Waals surface area contributed by atoms with E-state index in [-0.39, 0.29) is 23.6 Å². The van der Waals surface area contributed by atoms with Crippen LogP contribution in [0, 0.1) is 5.92 Å². The number of rotatable bonds is 5. The van der Waals surface area contributed by atoms with Crippen molar-refractivity contribution in [3.63, 3.8) is 0 Å².